The van der Waals surface area contributed by atoms with Crippen LogP contribution in [-0.4, -0.2) is 63.3 Å². The third-order valence-corrected chi connectivity index (χ3v) is 5.08. The quantitative estimate of drug-likeness (QED) is 0.778. The number of nitrogens with zero attached hydrogens (tertiary/aromatic N) is 3. The van der Waals surface area contributed by atoms with Crippen LogP contribution in [0.2, 0.25) is 0 Å². The molecule has 3 heterocycles. The lowest BCUT2D eigenvalue weighted by molar-refractivity contribution is -0.135. The van der Waals surface area contributed by atoms with E-state index in [0.717, 1.165) is 5.56 Å². The van der Waals surface area contributed by atoms with E-state index in [-0.39, 0.29) is 23.9 Å². The number of pyridine rings is 1. The topological polar surface area (TPSA) is 81.3 Å². The average molecular weight is 369 g/mol. The third-order valence-electron chi connectivity index (χ3n) is 5.08. The van der Waals surface area contributed by atoms with Crippen molar-refractivity contribution < 1.29 is 9.59 Å². The number of carbonyl (C=O) groups is 2. The van der Waals surface area contributed by atoms with Crippen molar-refractivity contribution in [3.8, 4) is 0 Å². The average Bonchev–Trinajstić information content (AvgIpc) is 3.34. The number of carbonyl (C=O) groups excluding carboxylic acids is 2. The Labute approximate surface area is 159 Å². The second-order valence-electron chi connectivity index (χ2n) is 6.80. The van der Waals surface area contributed by atoms with Gasteiger partial charge < -0.3 is 15.2 Å². The highest BCUT2D eigenvalue weighted by Crippen LogP contribution is 2.23. The van der Waals surface area contributed by atoms with Crippen molar-refractivity contribution in [2.75, 3.05) is 19.6 Å². The van der Waals surface area contributed by atoms with E-state index >= 15 is 0 Å². The highest BCUT2D eigenvalue weighted by atomic mass is 16.2. The Bertz CT molecular complexity index is 743. The van der Waals surface area contributed by atoms with E-state index in [1.807, 2.05) is 30.9 Å². The Balaban J connectivity index is 1.73. The van der Waals surface area contributed by atoms with Gasteiger partial charge in [-0.1, -0.05) is 0 Å². The van der Waals surface area contributed by atoms with Crippen molar-refractivity contribution in [2.24, 2.45) is 0 Å². The van der Waals surface area contributed by atoms with E-state index in [0.29, 0.717) is 38.3 Å². The first-order valence-electron chi connectivity index (χ1n) is 9.48. The van der Waals surface area contributed by atoms with Crippen molar-refractivity contribution in [3.63, 3.8) is 0 Å². The van der Waals surface area contributed by atoms with Crippen LogP contribution < -0.4 is 5.32 Å². The van der Waals surface area contributed by atoms with E-state index in [1.165, 1.54) is 0 Å². The first-order chi connectivity index (χ1) is 13.1. The normalized spacial score (nSPS) is 19.8. The van der Waals surface area contributed by atoms with E-state index in [1.54, 1.807) is 30.7 Å². The molecule has 7 heteroatoms. The van der Waals surface area contributed by atoms with Crippen molar-refractivity contribution in [2.45, 2.75) is 38.9 Å². The van der Waals surface area contributed by atoms with Crippen molar-refractivity contribution in [3.05, 3.63) is 54.1 Å². The van der Waals surface area contributed by atoms with Gasteiger partial charge in [0.2, 0.25) is 5.91 Å². The Morgan fingerprint density at radius 1 is 1.26 bits per heavy atom. The summed E-state index contributed by atoms with van der Waals surface area (Å²) in [7, 11) is 0. The molecule has 0 bridgehead atoms. The Morgan fingerprint density at radius 2 is 2.00 bits per heavy atom. The lowest BCUT2D eigenvalue weighted by Crippen LogP contribution is -2.45. The van der Waals surface area contributed by atoms with Crippen LogP contribution in [0.1, 0.15) is 36.3 Å². The van der Waals surface area contributed by atoms with Crippen LogP contribution in [0.5, 0.6) is 0 Å². The second kappa shape index (κ2) is 8.81. The van der Waals surface area contributed by atoms with Gasteiger partial charge in [-0.15, -0.1) is 0 Å². The third kappa shape index (κ3) is 4.54. The standard InChI is InChI=1S/C20H27N5O2/c1-3-24(4-2)20(27)18-12-16(23-19(26)17-6-5-9-22-17)14-25(18)13-15-7-10-21-11-8-15/h5-11,16,18,22H,3-4,12-14H2,1-2H3,(H,23,26)/t16-,18+/m1/s1. The molecule has 0 spiro atoms. The van der Waals surface area contributed by atoms with E-state index < -0.39 is 0 Å². The van der Waals surface area contributed by atoms with Gasteiger partial charge >= 0.3 is 0 Å². The van der Waals surface area contributed by atoms with Crippen LogP contribution >= 0.6 is 0 Å². The summed E-state index contributed by atoms with van der Waals surface area (Å²) < 4.78 is 0. The number of aromatic nitrogens is 2. The molecular formula is C20H27N5O2. The molecule has 2 N–H and O–H groups in total. The molecule has 1 fully saturated rings. The zero-order valence-electron chi connectivity index (χ0n) is 15.9. The number of aromatic amines is 1. The van der Waals surface area contributed by atoms with Crippen LogP contribution in [0.4, 0.5) is 0 Å². The molecule has 0 radical (unpaired) electrons. The molecule has 144 valence electrons. The molecule has 1 aliphatic heterocycles. The Kier molecular flexibility index (Phi) is 6.24. The molecule has 0 aromatic carbocycles. The monoisotopic (exact) mass is 369 g/mol. The minimum Gasteiger partial charge on any atom is -0.357 e. The van der Waals surface area contributed by atoms with Gasteiger partial charge in [-0.2, -0.15) is 0 Å². The summed E-state index contributed by atoms with van der Waals surface area (Å²) in [5, 5.41) is 3.06. The highest BCUT2D eigenvalue weighted by molar-refractivity contribution is 5.92. The molecular weight excluding hydrogens is 342 g/mol. The molecule has 1 aliphatic rings. The maximum atomic E-state index is 13.0. The minimum atomic E-state index is -0.230. The van der Waals surface area contributed by atoms with Crippen molar-refractivity contribution in [1.82, 2.24) is 25.1 Å². The molecule has 27 heavy (non-hydrogen) atoms. The smallest absolute Gasteiger partial charge is 0.267 e. The number of likely N-dealkylation sites (tertiary alicyclic amines) is 1. The largest absolute Gasteiger partial charge is 0.357 e. The summed E-state index contributed by atoms with van der Waals surface area (Å²) in [4.78, 5) is 36.4. The molecule has 1 saturated heterocycles. The van der Waals surface area contributed by atoms with Crippen LogP contribution in [-0.2, 0) is 11.3 Å². The van der Waals surface area contributed by atoms with E-state index in [9.17, 15) is 9.59 Å². The van der Waals surface area contributed by atoms with Gasteiger partial charge in [0.25, 0.3) is 5.91 Å². The van der Waals surface area contributed by atoms with E-state index in [4.69, 9.17) is 0 Å². The van der Waals surface area contributed by atoms with Crippen LogP contribution in [0.15, 0.2) is 42.9 Å². The number of amides is 2. The molecule has 7 nitrogen and oxygen atoms in total. The van der Waals surface area contributed by atoms with Gasteiger partial charge in [0.15, 0.2) is 0 Å². The fourth-order valence-electron chi connectivity index (χ4n) is 3.64. The van der Waals surface area contributed by atoms with Gasteiger partial charge in [0, 0.05) is 50.8 Å². The SMILES string of the molecule is CCN(CC)C(=O)[C@@H]1C[C@@H](NC(=O)c2ccc[nH]2)CN1Cc1ccncc1. The van der Waals surface area contributed by atoms with Gasteiger partial charge in [-0.25, -0.2) is 0 Å². The van der Waals surface area contributed by atoms with Gasteiger partial charge in [-0.05, 0) is 50.1 Å². The summed E-state index contributed by atoms with van der Waals surface area (Å²) in [6, 6.07) is 7.18. The zero-order chi connectivity index (χ0) is 19.2. The fraction of sp³-hybridized carbons (Fsp3) is 0.450. The number of likely N-dealkylation sites (N-methyl/N-ethyl adjacent to an activating group) is 1. The summed E-state index contributed by atoms with van der Waals surface area (Å²) in [5.41, 5.74) is 1.65. The number of H-pyrrole nitrogens is 1. The Hall–Kier alpha value is -2.67. The second-order valence-corrected chi connectivity index (χ2v) is 6.80. The van der Waals surface area contributed by atoms with Gasteiger partial charge in [0.05, 0.1) is 6.04 Å². The van der Waals surface area contributed by atoms with Crippen LogP contribution in [0, 0.1) is 0 Å². The molecule has 2 aromatic heterocycles. The molecule has 0 saturated carbocycles. The van der Waals surface area contributed by atoms with Gasteiger partial charge in [-0.3, -0.25) is 19.5 Å². The predicted molar refractivity (Wildman–Crippen MR) is 103 cm³/mol. The first kappa shape index (κ1) is 19.1. The van der Waals surface area contributed by atoms with Gasteiger partial charge in [0.1, 0.15) is 5.69 Å². The number of nitrogens with one attached hydrogen (secondary N) is 2. The molecule has 0 unspecified atom stereocenters. The van der Waals surface area contributed by atoms with Crippen LogP contribution in [0.3, 0.4) is 0 Å². The number of rotatable bonds is 7. The van der Waals surface area contributed by atoms with Crippen molar-refractivity contribution >= 4 is 11.8 Å². The fourth-order valence-corrected chi connectivity index (χ4v) is 3.64. The van der Waals surface area contributed by atoms with Crippen LogP contribution in [0.25, 0.3) is 0 Å². The zero-order valence-corrected chi connectivity index (χ0v) is 15.9. The minimum absolute atomic E-state index is 0.0628. The summed E-state index contributed by atoms with van der Waals surface area (Å²) in [6.45, 7) is 6.67. The summed E-state index contributed by atoms with van der Waals surface area (Å²) in [6.07, 6.45) is 5.87. The van der Waals surface area contributed by atoms with Crippen molar-refractivity contribution in [1.29, 1.82) is 0 Å². The number of hydrogen-bond donors (Lipinski definition) is 2. The Morgan fingerprint density at radius 3 is 2.63 bits per heavy atom. The summed E-state index contributed by atoms with van der Waals surface area (Å²) in [5.74, 6) is -0.00419. The molecule has 2 atom stereocenters. The molecule has 0 aliphatic carbocycles. The molecule has 2 aromatic rings. The summed E-state index contributed by atoms with van der Waals surface area (Å²) >= 11 is 0. The maximum absolute atomic E-state index is 13.0. The number of hydrogen-bond acceptors (Lipinski definition) is 4. The lowest BCUT2D eigenvalue weighted by atomic mass is 10.1. The maximum Gasteiger partial charge on any atom is 0.267 e. The predicted octanol–water partition coefficient (Wildman–Crippen LogP) is 1.65. The molecule has 2 amide bonds. The molecule has 3 rings (SSSR count). The van der Waals surface area contributed by atoms with E-state index in [2.05, 4.69) is 20.2 Å². The first-order valence-corrected chi connectivity index (χ1v) is 9.48. The lowest BCUT2D eigenvalue weighted by Gasteiger charge is -2.28. The highest BCUT2D eigenvalue weighted by Gasteiger charge is 2.38.